The molecule has 2 saturated heterocycles. The number of fused-ring (bicyclic) bond motifs is 1. The summed E-state index contributed by atoms with van der Waals surface area (Å²) in [7, 11) is 0. The molecule has 2 aliphatic heterocycles. The molecule has 2 aromatic heterocycles. The minimum Gasteiger partial charge on any atom is -0.474 e. The third kappa shape index (κ3) is 3.40. The van der Waals surface area contributed by atoms with Crippen molar-refractivity contribution in [2.75, 3.05) is 31.1 Å². The number of nitrogens with zero attached hydrogens (tertiary/aromatic N) is 4. The first kappa shape index (κ1) is 17.0. The number of likely N-dealkylation sites (tertiary alicyclic amines) is 1. The van der Waals surface area contributed by atoms with Gasteiger partial charge in [0.15, 0.2) is 5.13 Å². The van der Waals surface area contributed by atoms with Gasteiger partial charge < -0.3 is 14.5 Å². The van der Waals surface area contributed by atoms with E-state index in [-0.39, 0.29) is 12.0 Å². The van der Waals surface area contributed by atoms with E-state index in [4.69, 9.17) is 4.74 Å². The zero-order valence-electron chi connectivity index (χ0n) is 15.3. The maximum atomic E-state index is 12.9. The van der Waals surface area contributed by atoms with Crippen molar-refractivity contribution < 1.29 is 9.53 Å². The van der Waals surface area contributed by atoms with Crippen LogP contribution in [-0.2, 0) is 0 Å². The van der Waals surface area contributed by atoms with E-state index in [1.807, 2.05) is 28.6 Å². The summed E-state index contributed by atoms with van der Waals surface area (Å²) in [5, 5.41) is 3.12. The molecule has 2 atom stereocenters. The van der Waals surface area contributed by atoms with Crippen LogP contribution in [0.15, 0.2) is 29.9 Å². The molecule has 4 heterocycles. The Morgan fingerprint density at radius 1 is 1.07 bits per heavy atom. The molecule has 1 saturated carbocycles. The van der Waals surface area contributed by atoms with E-state index < -0.39 is 0 Å². The van der Waals surface area contributed by atoms with Gasteiger partial charge in [-0.15, -0.1) is 11.3 Å². The third-order valence-corrected chi connectivity index (χ3v) is 6.87. The second-order valence-electron chi connectivity index (χ2n) is 7.86. The molecule has 0 radical (unpaired) electrons. The predicted octanol–water partition coefficient (Wildman–Crippen LogP) is 3.07. The van der Waals surface area contributed by atoms with E-state index in [0.717, 1.165) is 44.2 Å². The number of rotatable bonds is 4. The molecule has 2 aromatic rings. The van der Waals surface area contributed by atoms with Crippen molar-refractivity contribution in [2.24, 2.45) is 11.8 Å². The molecule has 3 fully saturated rings. The lowest BCUT2D eigenvalue weighted by atomic mass is 10.0. The van der Waals surface area contributed by atoms with Crippen molar-refractivity contribution in [3.8, 4) is 5.88 Å². The van der Waals surface area contributed by atoms with Crippen LogP contribution in [0.4, 0.5) is 5.13 Å². The van der Waals surface area contributed by atoms with E-state index in [1.165, 1.54) is 12.8 Å². The van der Waals surface area contributed by atoms with Crippen molar-refractivity contribution in [2.45, 2.75) is 31.8 Å². The molecule has 0 N–H and O–H groups in total. The fraction of sp³-hybridized carbons (Fsp3) is 0.550. The number of ether oxygens (including phenoxy) is 1. The van der Waals surface area contributed by atoms with Crippen LogP contribution in [0.1, 0.15) is 36.0 Å². The van der Waals surface area contributed by atoms with Gasteiger partial charge in [-0.3, -0.25) is 4.79 Å². The molecule has 1 aliphatic carbocycles. The molecule has 27 heavy (non-hydrogen) atoms. The van der Waals surface area contributed by atoms with E-state index in [1.54, 1.807) is 17.5 Å². The van der Waals surface area contributed by atoms with Gasteiger partial charge in [0.25, 0.3) is 5.91 Å². The normalized spacial score (nSPS) is 25.2. The smallest absolute Gasteiger partial charge is 0.255 e. The summed E-state index contributed by atoms with van der Waals surface area (Å²) in [6, 6.07) is 3.70. The molecule has 7 heteroatoms. The number of carbonyl (C=O) groups is 1. The first-order chi connectivity index (χ1) is 13.3. The van der Waals surface area contributed by atoms with Crippen LogP contribution < -0.4 is 9.64 Å². The Bertz CT molecular complexity index is 775. The fourth-order valence-corrected chi connectivity index (χ4v) is 5.29. The maximum absolute atomic E-state index is 12.9. The Labute approximate surface area is 163 Å². The quantitative estimate of drug-likeness (QED) is 0.811. The Balaban J connectivity index is 1.19. The molecule has 1 amide bonds. The monoisotopic (exact) mass is 384 g/mol. The number of thiazole rings is 1. The Kier molecular flexibility index (Phi) is 4.47. The number of aromatic nitrogens is 2. The van der Waals surface area contributed by atoms with Crippen molar-refractivity contribution in [1.82, 2.24) is 14.9 Å². The zero-order valence-corrected chi connectivity index (χ0v) is 16.1. The first-order valence-corrected chi connectivity index (χ1v) is 10.7. The highest BCUT2D eigenvalue weighted by atomic mass is 32.1. The van der Waals surface area contributed by atoms with Crippen LogP contribution in [0.2, 0.25) is 0 Å². The van der Waals surface area contributed by atoms with Crippen LogP contribution in [0.3, 0.4) is 0 Å². The van der Waals surface area contributed by atoms with Crippen molar-refractivity contribution >= 4 is 22.4 Å². The van der Waals surface area contributed by atoms with Gasteiger partial charge in [-0.05, 0) is 31.7 Å². The highest BCUT2D eigenvalue weighted by Crippen LogP contribution is 2.35. The number of hydrogen-bond acceptors (Lipinski definition) is 6. The summed E-state index contributed by atoms with van der Waals surface area (Å²) in [4.78, 5) is 26.0. The lowest BCUT2D eigenvalue weighted by Crippen LogP contribution is -2.33. The molecule has 3 aliphatic rings. The average molecular weight is 385 g/mol. The van der Waals surface area contributed by atoms with Crippen LogP contribution in [-0.4, -0.2) is 53.1 Å². The minimum atomic E-state index is 0.0881. The van der Waals surface area contributed by atoms with Gasteiger partial charge in [-0.25, -0.2) is 9.97 Å². The average Bonchev–Trinajstić information content (AvgIpc) is 3.44. The Morgan fingerprint density at radius 3 is 2.48 bits per heavy atom. The van der Waals surface area contributed by atoms with Crippen molar-refractivity contribution in [3.05, 3.63) is 35.5 Å². The zero-order chi connectivity index (χ0) is 18.2. The standard InChI is InChI=1S/C20H24N4O2S/c25-19(14-5-6-18(22-9-14)26-17-3-1-2-4-17)23-10-15-12-24(13-16(15)11-23)20-21-7-8-27-20/h5-9,15-17H,1-4,10-13H2. The van der Waals surface area contributed by atoms with Gasteiger partial charge in [0.2, 0.25) is 5.88 Å². The predicted molar refractivity (Wildman–Crippen MR) is 104 cm³/mol. The molecule has 142 valence electrons. The number of hydrogen-bond donors (Lipinski definition) is 0. The molecular weight excluding hydrogens is 360 g/mol. The Hall–Kier alpha value is -2.15. The highest BCUT2D eigenvalue weighted by Gasteiger charge is 2.42. The summed E-state index contributed by atoms with van der Waals surface area (Å²) in [5.74, 6) is 1.80. The molecule has 6 nitrogen and oxygen atoms in total. The van der Waals surface area contributed by atoms with E-state index in [9.17, 15) is 4.79 Å². The number of pyridine rings is 1. The third-order valence-electron chi connectivity index (χ3n) is 6.04. The van der Waals surface area contributed by atoms with Crippen molar-refractivity contribution in [1.29, 1.82) is 0 Å². The summed E-state index contributed by atoms with van der Waals surface area (Å²) in [6.45, 7) is 3.64. The van der Waals surface area contributed by atoms with Gasteiger partial charge in [0, 0.05) is 61.9 Å². The van der Waals surface area contributed by atoms with Crippen molar-refractivity contribution in [3.63, 3.8) is 0 Å². The van der Waals surface area contributed by atoms with Gasteiger partial charge in [-0.2, -0.15) is 0 Å². The van der Waals surface area contributed by atoms with E-state index in [2.05, 4.69) is 14.9 Å². The number of carbonyl (C=O) groups excluding carboxylic acids is 1. The number of anilines is 1. The molecule has 2 unspecified atom stereocenters. The molecule has 0 bridgehead atoms. The van der Waals surface area contributed by atoms with Crippen LogP contribution in [0.25, 0.3) is 0 Å². The maximum Gasteiger partial charge on any atom is 0.255 e. The van der Waals surface area contributed by atoms with Gasteiger partial charge >= 0.3 is 0 Å². The summed E-state index contributed by atoms with van der Waals surface area (Å²) < 4.78 is 5.90. The topological polar surface area (TPSA) is 58.6 Å². The molecule has 5 rings (SSSR count). The fourth-order valence-electron chi connectivity index (χ4n) is 4.62. The SMILES string of the molecule is O=C(c1ccc(OC2CCCC2)nc1)N1CC2CN(c3nccs3)CC2C1. The second kappa shape index (κ2) is 7.11. The number of amides is 1. The molecule has 0 aromatic carbocycles. The van der Waals surface area contributed by atoms with E-state index in [0.29, 0.717) is 23.3 Å². The van der Waals surface area contributed by atoms with Gasteiger partial charge in [0.1, 0.15) is 6.10 Å². The minimum absolute atomic E-state index is 0.0881. The highest BCUT2D eigenvalue weighted by molar-refractivity contribution is 7.13. The summed E-state index contributed by atoms with van der Waals surface area (Å²) >= 11 is 1.69. The summed E-state index contributed by atoms with van der Waals surface area (Å²) in [5.41, 5.74) is 0.658. The Morgan fingerprint density at radius 2 is 1.85 bits per heavy atom. The lowest BCUT2D eigenvalue weighted by Gasteiger charge is -2.21. The largest absolute Gasteiger partial charge is 0.474 e. The molecular formula is C20H24N4O2S. The van der Waals surface area contributed by atoms with Gasteiger partial charge in [0.05, 0.1) is 5.56 Å². The van der Waals surface area contributed by atoms with Crippen LogP contribution in [0, 0.1) is 11.8 Å². The van der Waals surface area contributed by atoms with Gasteiger partial charge in [-0.1, -0.05) is 0 Å². The van der Waals surface area contributed by atoms with E-state index >= 15 is 0 Å². The van der Waals surface area contributed by atoms with Crippen LogP contribution in [0.5, 0.6) is 5.88 Å². The first-order valence-electron chi connectivity index (χ1n) is 9.83. The lowest BCUT2D eigenvalue weighted by molar-refractivity contribution is 0.0782. The summed E-state index contributed by atoms with van der Waals surface area (Å²) in [6.07, 6.45) is 8.50. The molecule has 0 spiro atoms. The second-order valence-corrected chi connectivity index (χ2v) is 8.73. The van der Waals surface area contributed by atoms with Crippen LogP contribution >= 0.6 is 11.3 Å².